The molecule has 1 atom stereocenters. The number of pyridine rings is 1. The Hall–Kier alpha value is -1.14. The van der Waals surface area contributed by atoms with Gasteiger partial charge in [0.15, 0.2) is 0 Å². The first kappa shape index (κ1) is 16.2. The Morgan fingerprint density at radius 2 is 2.14 bits per heavy atom. The van der Waals surface area contributed by atoms with Crippen LogP contribution >= 0.6 is 0 Å². The van der Waals surface area contributed by atoms with Crippen LogP contribution < -0.4 is 5.32 Å². The Balaban J connectivity index is 2.18. The van der Waals surface area contributed by atoms with E-state index in [9.17, 15) is 8.42 Å². The largest absolute Gasteiger partial charge is 0.370 e. The van der Waals surface area contributed by atoms with Crippen molar-refractivity contribution in [1.29, 1.82) is 0 Å². The molecule has 0 spiro atoms. The Labute approximate surface area is 127 Å². The highest BCUT2D eigenvalue weighted by atomic mass is 32.2. The molecule has 6 heteroatoms. The van der Waals surface area contributed by atoms with E-state index in [2.05, 4.69) is 24.1 Å². The number of nitrogens with zero attached hydrogens (tertiary/aromatic N) is 2. The third-order valence-electron chi connectivity index (χ3n) is 3.94. The van der Waals surface area contributed by atoms with E-state index in [1.807, 2.05) is 0 Å². The first-order chi connectivity index (χ1) is 10.1. The van der Waals surface area contributed by atoms with Crippen molar-refractivity contribution in [3.05, 3.63) is 18.3 Å². The van der Waals surface area contributed by atoms with Crippen LogP contribution in [0.4, 0.5) is 5.82 Å². The summed E-state index contributed by atoms with van der Waals surface area (Å²) in [6.07, 6.45) is 6.35. The number of piperidine rings is 1. The second-order valence-electron chi connectivity index (χ2n) is 5.48. The molecule has 5 nitrogen and oxygen atoms in total. The molecule has 1 aromatic rings. The maximum atomic E-state index is 12.7. The van der Waals surface area contributed by atoms with Crippen LogP contribution in [0.25, 0.3) is 0 Å². The van der Waals surface area contributed by atoms with Crippen LogP contribution in [0.2, 0.25) is 0 Å². The number of aromatic nitrogens is 1. The molecule has 0 amide bonds. The first-order valence-corrected chi connectivity index (χ1v) is 9.25. The zero-order chi connectivity index (χ0) is 15.3. The van der Waals surface area contributed by atoms with Gasteiger partial charge in [0.25, 0.3) is 0 Å². The van der Waals surface area contributed by atoms with Crippen LogP contribution in [0, 0.1) is 0 Å². The van der Waals surface area contributed by atoms with Gasteiger partial charge in [0.2, 0.25) is 10.0 Å². The molecule has 118 valence electrons. The van der Waals surface area contributed by atoms with Gasteiger partial charge in [0, 0.05) is 25.3 Å². The Morgan fingerprint density at radius 1 is 1.33 bits per heavy atom. The Bertz CT molecular complexity index is 543. The van der Waals surface area contributed by atoms with Gasteiger partial charge in [-0.25, -0.2) is 13.4 Å². The third kappa shape index (κ3) is 3.74. The van der Waals surface area contributed by atoms with Crippen LogP contribution in [-0.2, 0) is 10.0 Å². The number of hydrogen-bond donors (Lipinski definition) is 1. The minimum atomic E-state index is -3.42. The summed E-state index contributed by atoms with van der Waals surface area (Å²) in [6, 6.07) is 3.52. The number of hydrogen-bond acceptors (Lipinski definition) is 4. The smallest absolute Gasteiger partial charge is 0.244 e. The molecule has 0 saturated carbocycles. The summed E-state index contributed by atoms with van der Waals surface area (Å²) in [5, 5.41) is 3.15. The minimum absolute atomic E-state index is 0.127. The fourth-order valence-electron chi connectivity index (χ4n) is 2.72. The van der Waals surface area contributed by atoms with Crippen LogP contribution in [-0.4, -0.2) is 36.8 Å². The standard InChI is InChI=1S/C15H25N3O2S/c1-3-10-16-15-9-8-14(12-17-15)21(19,20)18-11-6-5-7-13(18)4-2/h8-9,12-13H,3-7,10-11H2,1-2H3,(H,16,17). The van der Waals surface area contributed by atoms with Crippen LogP contribution in [0.3, 0.4) is 0 Å². The molecule has 0 aliphatic carbocycles. The Morgan fingerprint density at radius 3 is 2.76 bits per heavy atom. The molecule has 21 heavy (non-hydrogen) atoms. The molecular weight excluding hydrogens is 286 g/mol. The molecule has 0 aromatic carbocycles. The average molecular weight is 311 g/mol. The molecule has 1 saturated heterocycles. The van der Waals surface area contributed by atoms with Crippen molar-refractivity contribution in [3.63, 3.8) is 0 Å². The second kappa shape index (κ2) is 7.22. The van der Waals surface area contributed by atoms with Gasteiger partial charge in [0.05, 0.1) is 0 Å². The molecule has 1 unspecified atom stereocenters. The highest BCUT2D eigenvalue weighted by Gasteiger charge is 2.32. The predicted molar refractivity (Wildman–Crippen MR) is 84.8 cm³/mol. The number of sulfonamides is 1. The number of rotatable bonds is 6. The molecular formula is C15H25N3O2S. The number of anilines is 1. The summed E-state index contributed by atoms with van der Waals surface area (Å²) in [7, 11) is -3.42. The monoisotopic (exact) mass is 311 g/mol. The van der Waals surface area contributed by atoms with Crippen molar-refractivity contribution >= 4 is 15.8 Å². The van der Waals surface area contributed by atoms with Gasteiger partial charge in [-0.2, -0.15) is 4.31 Å². The summed E-state index contributed by atoms with van der Waals surface area (Å²) in [6.45, 7) is 5.58. The molecule has 1 N–H and O–H groups in total. The van der Waals surface area contributed by atoms with Gasteiger partial charge >= 0.3 is 0 Å². The van der Waals surface area contributed by atoms with Crippen molar-refractivity contribution in [2.75, 3.05) is 18.4 Å². The van der Waals surface area contributed by atoms with Crippen molar-refractivity contribution < 1.29 is 8.42 Å². The van der Waals surface area contributed by atoms with E-state index >= 15 is 0 Å². The summed E-state index contributed by atoms with van der Waals surface area (Å²) < 4.78 is 27.2. The van der Waals surface area contributed by atoms with Crippen molar-refractivity contribution in [3.8, 4) is 0 Å². The highest BCUT2D eigenvalue weighted by molar-refractivity contribution is 7.89. The zero-order valence-electron chi connectivity index (χ0n) is 12.9. The van der Waals surface area contributed by atoms with Gasteiger partial charge in [-0.05, 0) is 37.8 Å². The van der Waals surface area contributed by atoms with E-state index < -0.39 is 10.0 Å². The van der Waals surface area contributed by atoms with E-state index in [4.69, 9.17) is 0 Å². The average Bonchev–Trinajstić information content (AvgIpc) is 2.53. The van der Waals surface area contributed by atoms with Crippen molar-refractivity contribution in [1.82, 2.24) is 9.29 Å². The molecule has 1 aliphatic heterocycles. The van der Waals surface area contributed by atoms with Gasteiger partial charge in [-0.15, -0.1) is 0 Å². The van der Waals surface area contributed by atoms with Gasteiger partial charge in [0.1, 0.15) is 10.7 Å². The van der Waals surface area contributed by atoms with E-state index in [0.717, 1.165) is 44.5 Å². The highest BCUT2D eigenvalue weighted by Crippen LogP contribution is 2.26. The minimum Gasteiger partial charge on any atom is -0.370 e. The maximum absolute atomic E-state index is 12.7. The molecule has 1 fully saturated rings. The fraction of sp³-hybridized carbons (Fsp3) is 0.667. The lowest BCUT2D eigenvalue weighted by Crippen LogP contribution is -2.43. The summed E-state index contributed by atoms with van der Waals surface area (Å²) in [5.41, 5.74) is 0. The lowest BCUT2D eigenvalue weighted by molar-refractivity contribution is 0.246. The van der Waals surface area contributed by atoms with E-state index in [1.54, 1.807) is 16.4 Å². The summed E-state index contributed by atoms with van der Waals surface area (Å²) in [5.74, 6) is 0.724. The Kier molecular flexibility index (Phi) is 5.58. The second-order valence-corrected chi connectivity index (χ2v) is 7.37. The summed E-state index contributed by atoms with van der Waals surface area (Å²) in [4.78, 5) is 4.51. The zero-order valence-corrected chi connectivity index (χ0v) is 13.7. The normalized spacial score (nSPS) is 20.4. The molecule has 2 heterocycles. The molecule has 0 bridgehead atoms. The maximum Gasteiger partial charge on any atom is 0.244 e. The molecule has 0 radical (unpaired) electrons. The molecule has 2 rings (SSSR count). The first-order valence-electron chi connectivity index (χ1n) is 7.81. The van der Waals surface area contributed by atoms with Gasteiger partial charge in [-0.1, -0.05) is 20.3 Å². The lowest BCUT2D eigenvalue weighted by atomic mass is 10.0. The SMILES string of the molecule is CCCNc1ccc(S(=O)(=O)N2CCCCC2CC)cn1. The van der Waals surface area contributed by atoms with Crippen molar-refractivity contribution in [2.45, 2.75) is 56.9 Å². The summed E-state index contributed by atoms with van der Waals surface area (Å²) >= 11 is 0. The van der Waals surface area contributed by atoms with Crippen molar-refractivity contribution in [2.24, 2.45) is 0 Å². The predicted octanol–water partition coefficient (Wildman–Crippen LogP) is 2.86. The number of nitrogens with one attached hydrogen (secondary N) is 1. The lowest BCUT2D eigenvalue weighted by Gasteiger charge is -2.34. The van der Waals surface area contributed by atoms with Gasteiger partial charge < -0.3 is 5.32 Å². The van der Waals surface area contributed by atoms with Crippen LogP contribution in [0.15, 0.2) is 23.2 Å². The van der Waals surface area contributed by atoms with Gasteiger partial charge in [-0.3, -0.25) is 0 Å². The third-order valence-corrected chi connectivity index (χ3v) is 5.88. The topological polar surface area (TPSA) is 62.3 Å². The van der Waals surface area contributed by atoms with E-state index in [1.165, 1.54) is 6.20 Å². The van der Waals surface area contributed by atoms with E-state index in [-0.39, 0.29) is 6.04 Å². The quantitative estimate of drug-likeness (QED) is 0.877. The molecule has 1 aromatic heterocycles. The van der Waals surface area contributed by atoms with Crippen LogP contribution in [0.5, 0.6) is 0 Å². The molecule has 1 aliphatic rings. The van der Waals surface area contributed by atoms with E-state index in [0.29, 0.717) is 11.4 Å². The fourth-order valence-corrected chi connectivity index (χ4v) is 4.44. The van der Waals surface area contributed by atoms with Crippen LogP contribution in [0.1, 0.15) is 46.0 Å².